The summed E-state index contributed by atoms with van der Waals surface area (Å²) in [6.45, 7) is 0.266. The lowest BCUT2D eigenvalue weighted by Gasteiger charge is -2.11. The Kier molecular flexibility index (Phi) is 7.86. The second kappa shape index (κ2) is 10.9. The first-order valence-corrected chi connectivity index (χ1v) is 12.5. The summed E-state index contributed by atoms with van der Waals surface area (Å²) in [5.74, 6) is -0.680. The molecule has 0 saturated carbocycles. The van der Waals surface area contributed by atoms with E-state index < -0.39 is 5.97 Å². The molecule has 0 atom stereocenters. The predicted molar refractivity (Wildman–Crippen MR) is 144 cm³/mol. The lowest BCUT2D eigenvalue weighted by molar-refractivity contribution is -0.121. The number of thioether (sulfide) groups is 1. The molecule has 1 saturated heterocycles. The molecule has 0 aromatic heterocycles. The first-order valence-electron chi connectivity index (χ1n) is 10.2. The molecule has 0 radical (unpaired) electrons. The van der Waals surface area contributed by atoms with Crippen LogP contribution in [0.15, 0.2) is 75.0 Å². The molecule has 178 valence electrons. The number of carboxylic acids is 1. The minimum atomic E-state index is -1.04. The molecule has 10 heteroatoms. The van der Waals surface area contributed by atoms with Crippen molar-refractivity contribution >= 4 is 79.7 Å². The molecule has 1 heterocycles. The van der Waals surface area contributed by atoms with Crippen molar-refractivity contribution in [2.45, 2.75) is 6.61 Å². The van der Waals surface area contributed by atoms with Gasteiger partial charge in [-0.15, -0.1) is 0 Å². The van der Waals surface area contributed by atoms with Gasteiger partial charge in [-0.2, -0.15) is 0 Å². The standard InChI is InChI=1S/C25H17BrCl2N2O4S/c1-30-23(31)22(35-25(30)29-18-4-2-3-15(11-18)24(32)33)12-16-10-17(26)6-8-21(16)34-13-14-5-7-19(27)20(28)9-14/h2-12H,13H2,1H3,(H,32,33)/b22-12-,29-25?. The van der Waals surface area contributed by atoms with Crippen LogP contribution in [0.5, 0.6) is 5.75 Å². The number of amides is 1. The maximum atomic E-state index is 12.9. The van der Waals surface area contributed by atoms with Crippen molar-refractivity contribution in [3.63, 3.8) is 0 Å². The number of hydrogen-bond donors (Lipinski definition) is 1. The monoisotopic (exact) mass is 590 g/mol. The molecule has 4 rings (SSSR count). The van der Waals surface area contributed by atoms with Crippen LogP contribution in [0.2, 0.25) is 10.0 Å². The lowest BCUT2D eigenvalue weighted by atomic mass is 10.1. The molecular weight excluding hydrogens is 575 g/mol. The number of hydrogen-bond acceptors (Lipinski definition) is 5. The average molecular weight is 592 g/mol. The number of nitrogens with zero attached hydrogens (tertiary/aromatic N) is 2. The molecule has 0 bridgehead atoms. The third kappa shape index (κ3) is 6.08. The fraction of sp³-hybridized carbons (Fsp3) is 0.0800. The summed E-state index contributed by atoms with van der Waals surface area (Å²) < 4.78 is 6.84. The Labute approximate surface area is 224 Å². The molecule has 0 aliphatic carbocycles. The number of halogens is 3. The summed E-state index contributed by atoms with van der Waals surface area (Å²) >= 11 is 16.8. The second-order valence-corrected chi connectivity index (χ2v) is 10.2. The first kappa shape index (κ1) is 25.3. The zero-order valence-corrected chi connectivity index (χ0v) is 22.1. The molecule has 3 aromatic carbocycles. The molecule has 1 N–H and O–H groups in total. The molecule has 6 nitrogen and oxygen atoms in total. The van der Waals surface area contributed by atoms with Crippen molar-refractivity contribution in [1.29, 1.82) is 0 Å². The number of carboxylic acid groups (broad SMARTS) is 1. The van der Waals surface area contributed by atoms with Gasteiger partial charge in [0.25, 0.3) is 5.91 Å². The first-order chi connectivity index (χ1) is 16.7. The topological polar surface area (TPSA) is 79.2 Å². The van der Waals surface area contributed by atoms with E-state index in [1.807, 2.05) is 24.3 Å². The lowest BCUT2D eigenvalue weighted by Crippen LogP contribution is -2.23. The molecule has 1 fully saturated rings. The number of ether oxygens (including phenoxy) is 1. The SMILES string of the molecule is CN1C(=O)/C(=C/c2cc(Br)ccc2OCc2ccc(Cl)c(Cl)c2)SC1=Nc1cccc(C(=O)O)c1. The molecule has 1 amide bonds. The zero-order chi connectivity index (χ0) is 25.1. The van der Waals surface area contributed by atoms with Gasteiger partial charge in [0.2, 0.25) is 0 Å². The summed E-state index contributed by atoms with van der Waals surface area (Å²) in [7, 11) is 1.62. The van der Waals surface area contributed by atoms with Crippen molar-refractivity contribution in [2.75, 3.05) is 7.05 Å². The maximum absolute atomic E-state index is 12.9. The van der Waals surface area contributed by atoms with Crippen molar-refractivity contribution < 1.29 is 19.4 Å². The van der Waals surface area contributed by atoms with Crippen molar-refractivity contribution in [3.05, 3.63) is 96.8 Å². The van der Waals surface area contributed by atoms with E-state index in [0.717, 1.165) is 10.0 Å². The second-order valence-electron chi connectivity index (χ2n) is 7.44. The van der Waals surface area contributed by atoms with E-state index in [9.17, 15) is 14.7 Å². The van der Waals surface area contributed by atoms with Crippen LogP contribution in [0.25, 0.3) is 6.08 Å². The van der Waals surface area contributed by atoms with Gasteiger partial charge in [0.05, 0.1) is 26.2 Å². The fourth-order valence-corrected chi connectivity index (χ4v) is 4.84. The van der Waals surface area contributed by atoms with Gasteiger partial charge < -0.3 is 9.84 Å². The number of rotatable bonds is 6. The number of carbonyl (C=O) groups is 2. The van der Waals surface area contributed by atoms with E-state index in [4.69, 9.17) is 27.9 Å². The van der Waals surface area contributed by atoms with Crippen LogP contribution >= 0.6 is 50.9 Å². The Morgan fingerprint density at radius 2 is 1.94 bits per heavy atom. The van der Waals surface area contributed by atoms with E-state index >= 15 is 0 Å². The Morgan fingerprint density at radius 1 is 1.14 bits per heavy atom. The smallest absolute Gasteiger partial charge is 0.335 e. The van der Waals surface area contributed by atoms with E-state index in [-0.39, 0.29) is 18.1 Å². The van der Waals surface area contributed by atoms with Crippen LogP contribution < -0.4 is 4.74 Å². The van der Waals surface area contributed by atoms with E-state index in [2.05, 4.69) is 20.9 Å². The molecule has 0 unspecified atom stereocenters. The quantitative estimate of drug-likeness (QED) is 0.305. The summed E-state index contributed by atoms with van der Waals surface area (Å²) in [6, 6.07) is 17.1. The van der Waals surface area contributed by atoms with Crippen LogP contribution in [0.1, 0.15) is 21.5 Å². The highest BCUT2D eigenvalue weighted by Gasteiger charge is 2.30. The van der Waals surface area contributed by atoms with Crippen LogP contribution in [0.3, 0.4) is 0 Å². The Bertz CT molecular complexity index is 1390. The van der Waals surface area contributed by atoms with Crippen LogP contribution in [-0.2, 0) is 11.4 Å². The highest BCUT2D eigenvalue weighted by Crippen LogP contribution is 2.36. The summed E-state index contributed by atoms with van der Waals surface area (Å²) in [4.78, 5) is 30.5. The maximum Gasteiger partial charge on any atom is 0.335 e. The largest absolute Gasteiger partial charge is 0.488 e. The number of aromatic carboxylic acids is 1. The molecule has 3 aromatic rings. The van der Waals surface area contributed by atoms with Gasteiger partial charge >= 0.3 is 5.97 Å². The van der Waals surface area contributed by atoms with Crippen molar-refractivity contribution in [3.8, 4) is 5.75 Å². The number of benzene rings is 3. The number of carbonyl (C=O) groups excluding carboxylic acids is 1. The highest BCUT2D eigenvalue weighted by molar-refractivity contribution is 9.10. The zero-order valence-electron chi connectivity index (χ0n) is 18.2. The number of aliphatic imine (C=N–C) groups is 1. The molecule has 1 aliphatic heterocycles. The van der Waals surface area contributed by atoms with Crippen LogP contribution in [0, 0.1) is 0 Å². The van der Waals surface area contributed by atoms with Gasteiger partial charge in [0, 0.05) is 17.1 Å². The van der Waals surface area contributed by atoms with Gasteiger partial charge in [-0.3, -0.25) is 9.69 Å². The van der Waals surface area contributed by atoms with E-state index in [1.54, 1.807) is 37.4 Å². The van der Waals surface area contributed by atoms with Crippen LogP contribution in [0.4, 0.5) is 5.69 Å². The minimum Gasteiger partial charge on any atom is -0.488 e. The Hall–Kier alpha value is -2.78. The Morgan fingerprint density at radius 3 is 2.69 bits per heavy atom. The van der Waals surface area contributed by atoms with Gasteiger partial charge in [-0.05, 0) is 71.9 Å². The fourth-order valence-electron chi connectivity index (χ4n) is 3.17. The normalized spacial score (nSPS) is 15.8. The van der Waals surface area contributed by atoms with E-state index in [1.165, 1.54) is 28.8 Å². The third-order valence-corrected chi connectivity index (χ3v) is 7.25. The van der Waals surface area contributed by atoms with Gasteiger partial charge in [0.15, 0.2) is 5.17 Å². The Balaban J connectivity index is 1.59. The van der Waals surface area contributed by atoms with Crippen molar-refractivity contribution in [2.24, 2.45) is 4.99 Å². The third-order valence-electron chi connectivity index (χ3n) is 4.96. The molecule has 35 heavy (non-hydrogen) atoms. The van der Waals surface area contributed by atoms with Crippen molar-refractivity contribution in [1.82, 2.24) is 4.90 Å². The summed E-state index contributed by atoms with van der Waals surface area (Å²) in [5.41, 5.74) is 2.13. The average Bonchev–Trinajstić information content (AvgIpc) is 3.08. The molecule has 1 aliphatic rings. The predicted octanol–water partition coefficient (Wildman–Crippen LogP) is 7.27. The van der Waals surface area contributed by atoms with Crippen LogP contribution in [-0.4, -0.2) is 34.1 Å². The number of amidine groups is 1. The minimum absolute atomic E-state index is 0.123. The van der Waals surface area contributed by atoms with Gasteiger partial charge in [-0.1, -0.05) is 51.3 Å². The molecule has 0 spiro atoms. The summed E-state index contributed by atoms with van der Waals surface area (Å²) in [6.07, 6.45) is 1.74. The summed E-state index contributed by atoms with van der Waals surface area (Å²) in [5, 5.41) is 10.6. The highest BCUT2D eigenvalue weighted by atomic mass is 79.9. The molecular formula is C25H17BrCl2N2O4S. The number of likely N-dealkylation sites (N-methyl/N-ethyl adjacent to an activating group) is 1. The van der Waals surface area contributed by atoms with E-state index in [0.29, 0.717) is 37.1 Å². The van der Waals surface area contributed by atoms with Gasteiger partial charge in [-0.25, -0.2) is 9.79 Å². The van der Waals surface area contributed by atoms with Gasteiger partial charge in [0.1, 0.15) is 12.4 Å².